The van der Waals surface area contributed by atoms with Crippen LogP contribution in [-0.4, -0.2) is 85.9 Å². The van der Waals surface area contributed by atoms with Crippen molar-refractivity contribution in [2.75, 3.05) is 55.4 Å². The lowest BCUT2D eigenvalue weighted by atomic mass is 10.2. The van der Waals surface area contributed by atoms with Crippen molar-refractivity contribution in [3.8, 4) is 11.8 Å². The molecule has 0 bridgehead atoms. The molecular formula is C31H51N11O3. The van der Waals surface area contributed by atoms with E-state index in [4.69, 9.17) is 14.0 Å². The first-order chi connectivity index (χ1) is 21.9. The average Bonchev–Trinajstić information content (AvgIpc) is 3.61. The third kappa shape index (κ3) is 11.8. The maximum Gasteiger partial charge on any atom is 0.234 e. The Morgan fingerprint density at radius 1 is 0.956 bits per heavy atom. The van der Waals surface area contributed by atoms with Crippen molar-refractivity contribution in [1.29, 1.82) is 0 Å². The van der Waals surface area contributed by atoms with E-state index in [1.165, 1.54) is 6.26 Å². The number of rotatable bonds is 12. The smallest absolute Gasteiger partial charge is 0.234 e. The summed E-state index contributed by atoms with van der Waals surface area (Å²) < 4.78 is 15.3. The molecule has 5 rings (SSSR count). The minimum atomic E-state index is 0. The second-order valence-electron chi connectivity index (χ2n) is 10.4. The zero-order valence-electron chi connectivity index (χ0n) is 27.5. The van der Waals surface area contributed by atoms with Gasteiger partial charge < -0.3 is 29.5 Å². The molecule has 2 N–H and O–H groups in total. The SMILES string of the molecule is CC.CC(C)COc1cncc(NCc2ccon2)n1.CCN1CCN(c2ncc(CNc3cncc(OC)n3)cn2)C(C)C1.[HH].[HH]. The highest BCUT2D eigenvalue weighted by Gasteiger charge is 2.24. The third-order valence-corrected chi connectivity index (χ3v) is 6.52. The molecule has 1 fully saturated rings. The summed E-state index contributed by atoms with van der Waals surface area (Å²) in [7, 11) is 1.57. The second kappa shape index (κ2) is 18.9. The van der Waals surface area contributed by atoms with Gasteiger partial charge in [0.05, 0.1) is 45.0 Å². The van der Waals surface area contributed by atoms with Crippen molar-refractivity contribution >= 4 is 17.6 Å². The van der Waals surface area contributed by atoms with Gasteiger partial charge in [0.25, 0.3) is 0 Å². The fourth-order valence-corrected chi connectivity index (χ4v) is 4.19. The van der Waals surface area contributed by atoms with Gasteiger partial charge in [0.2, 0.25) is 17.7 Å². The van der Waals surface area contributed by atoms with Crippen LogP contribution in [0.2, 0.25) is 0 Å². The number of anilines is 3. The van der Waals surface area contributed by atoms with E-state index in [2.05, 4.69) is 83.2 Å². The number of piperazine rings is 1. The minimum absolute atomic E-state index is 0. The van der Waals surface area contributed by atoms with Crippen LogP contribution in [0.5, 0.6) is 11.8 Å². The summed E-state index contributed by atoms with van der Waals surface area (Å²) in [4.78, 5) is 30.5. The number of nitrogens with one attached hydrogen (secondary N) is 2. The highest BCUT2D eigenvalue weighted by Crippen LogP contribution is 2.17. The lowest BCUT2D eigenvalue weighted by Gasteiger charge is -2.39. The summed E-state index contributed by atoms with van der Waals surface area (Å²) in [6, 6.07) is 2.21. The molecule has 0 saturated carbocycles. The maximum atomic E-state index is 5.50. The first kappa shape index (κ1) is 34.9. The van der Waals surface area contributed by atoms with Crippen LogP contribution in [0, 0.1) is 5.92 Å². The standard InChI is InChI=1S/C17H25N7O.C12H16N4O2.C2H6.2H2/c1-4-23-5-6-24(13(2)12-23)17-20-8-14(9-21-17)7-19-15-10-18-11-16(22-15)25-3;1-9(2)8-17-12-7-13-6-11(15-12)14-5-10-3-4-18-16-10;1-2;;/h8-11,13H,4-7,12H2,1-3H3,(H,19,22);3-4,6-7,9H,5,8H2,1-2H3,(H,14,15);1-2H3;2*1H. The molecule has 0 aliphatic carbocycles. The molecule has 5 heterocycles. The van der Waals surface area contributed by atoms with E-state index in [1.807, 2.05) is 26.2 Å². The predicted octanol–water partition coefficient (Wildman–Crippen LogP) is 5.05. The molecule has 4 aromatic heterocycles. The largest absolute Gasteiger partial charge is 0.480 e. The van der Waals surface area contributed by atoms with Gasteiger partial charge >= 0.3 is 0 Å². The molecule has 0 aromatic carbocycles. The van der Waals surface area contributed by atoms with Gasteiger partial charge in [-0.05, 0) is 19.4 Å². The van der Waals surface area contributed by atoms with Gasteiger partial charge in [-0.25, -0.2) is 9.97 Å². The number of hydrogen-bond acceptors (Lipinski definition) is 14. The molecule has 0 amide bonds. The maximum absolute atomic E-state index is 5.50. The monoisotopic (exact) mass is 625 g/mol. The Kier molecular flexibility index (Phi) is 14.7. The molecule has 1 unspecified atom stereocenters. The van der Waals surface area contributed by atoms with E-state index in [0.717, 1.165) is 43.4 Å². The van der Waals surface area contributed by atoms with Crippen molar-refractivity contribution in [1.82, 2.24) is 40.0 Å². The summed E-state index contributed by atoms with van der Waals surface area (Å²) in [6.07, 6.45) is 11.7. The number of likely N-dealkylation sites (N-methyl/N-ethyl adjacent to an activating group) is 1. The lowest BCUT2D eigenvalue weighted by Crippen LogP contribution is -2.52. The number of nitrogens with zero attached hydrogens (tertiary/aromatic N) is 9. The Morgan fingerprint density at radius 2 is 1.62 bits per heavy atom. The highest BCUT2D eigenvalue weighted by molar-refractivity contribution is 5.36. The van der Waals surface area contributed by atoms with E-state index in [9.17, 15) is 0 Å². The summed E-state index contributed by atoms with van der Waals surface area (Å²) >= 11 is 0. The molecule has 1 saturated heterocycles. The molecule has 0 radical (unpaired) electrons. The fraction of sp³-hybridized carbons (Fsp3) is 0.516. The fourth-order valence-electron chi connectivity index (χ4n) is 4.19. The van der Waals surface area contributed by atoms with Crippen LogP contribution in [0.3, 0.4) is 0 Å². The van der Waals surface area contributed by atoms with Gasteiger partial charge in [0, 0.05) is 59.1 Å². The Morgan fingerprint density at radius 3 is 2.22 bits per heavy atom. The van der Waals surface area contributed by atoms with Crippen molar-refractivity contribution < 1.29 is 16.9 Å². The van der Waals surface area contributed by atoms with Crippen LogP contribution < -0.4 is 25.0 Å². The van der Waals surface area contributed by atoms with E-state index in [0.29, 0.717) is 55.1 Å². The lowest BCUT2D eigenvalue weighted by molar-refractivity contribution is 0.238. The van der Waals surface area contributed by atoms with Gasteiger partial charge in [-0.15, -0.1) is 0 Å². The van der Waals surface area contributed by atoms with Gasteiger partial charge in [-0.3, -0.25) is 14.9 Å². The van der Waals surface area contributed by atoms with E-state index in [1.54, 1.807) is 38.0 Å². The molecule has 248 valence electrons. The van der Waals surface area contributed by atoms with Crippen LogP contribution in [-0.2, 0) is 13.1 Å². The molecular weight excluding hydrogens is 574 g/mol. The van der Waals surface area contributed by atoms with Crippen LogP contribution in [0.4, 0.5) is 17.6 Å². The quantitative estimate of drug-likeness (QED) is 0.216. The molecule has 14 heteroatoms. The van der Waals surface area contributed by atoms with Gasteiger partial charge in [-0.2, -0.15) is 9.97 Å². The zero-order chi connectivity index (χ0) is 32.4. The predicted molar refractivity (Wildman–Crippen MR) is 179 cm³/mol. The van der Waals surface area contributed by atoms with Crippen LogP contribution >= 0.6 is 0 Å². The average molecular weight is 626 g/mol. The van der Waals surface area contributed by atoms with Crippen molar-refractivity contribution in [3.05, 3.63) is 60.8 Å². The van der Waals surface area contributed by atoms with E-state index in [-0.39, 0.29) is 2.85 Å². The Hall–Kier alpha value is -4.59. The van der Waals surface area contributed by atoms with Gasteiger partial charge in [0.1, 0.15) is 23.6 Å². The first-order valence-corrected chi connectivity index (χ1v) is 15.4. The van der Waals surface area contributed by atoms with E-state index >= 15 is 0 Å². The third-order valence-electron chi connectivity index (χ3n) is 6.52. The number of aromatic nitrogens is 7. The zero-order valence-corrected chi connectivity index (χ0v) is 27.5. The Balaban J connectivity index is 0.000000448. The number of methoxy groups -OCH3 is 1. The molecule has 45 heavy (non-hydrogen) atoms. The topological polar surface area (TPSA) is 152 Å². The highest BCUT2D eigenvalue weighted by atomic mass is 16.5. The molecule has 4 aromatic rings. The molecule has 14 nitrogen and oxygen atoms in total. The normalized spacial score (nSPS) is 14.5. The second-order valence-corrected chi connectivity index (χ2v) is 10.4. The van der Waals surface area contributed by atoms with Crippen LogP contribution in [0.15, 0.2) is 54.0 Å². The summed E-state index contributed by atoms with van der Waals surface area (Å²) in [6.45, 7) is 18.5. The Bertz CT molecular complexity index is 1370. The van der Waals surface area contributed by atoms with Gasteiger partial charge in [-0.1, -0.05) is 39.8 Å². The first-order valence-electron chi connectivity index (χ1n) is 15.4. The Labute approximate surface area is 269 Å². The van der Waals surface area contributed by atoms with E-state index < -0.39 is 0 Å². The minimum Gasteiger partial charge on any atom is -0.480 e. The molecule has 1 aliphatic heterocycles. The van der Waals surface area contributed by atoms with Crippen molar-refractivity contribution in [3.63, 3.8) is 0 Å². The van der Waals surface area contributed by atoms with Gasteiger partial charge in [0.15, 0.2) is 0 Å². The number of hydrogen-bond donors (Lipinski definition) is 2. The van der Waals surface area contributed by atoms with Crippen LogP contribution in [0.1, 0.15) is 55.7 Å². The summed E-state index contributed by atoms with van der Waals surface area (Å²) in [5.41, 5.74) is 1.80. The molecule has 0 spiro atoms. The summed E-state index contributed by atoms with van der Waals surface area (Å²) in [5, 5.41) is 10.1. The summed E-state index contributed by atoms with van der Waals surface area (Å²) in [5.74, 6) is 3.57. The van der Waals surface area contributed by atoms with Crippen molar-refractivity contribution in [2.45, 2.75) is 60.7 Å². The molecule has 1 atom stereocenters. The van der Waals surface area contributed by atoms with Crippen molar-refractivity contribution in [2.24, 2.45) is 5.92 Å². The van der Waals surface area contributed by atoms with Crippen LogP contribution in [0.25, 0.3) is 0 Å². The number of ether oxygens (including phenoxy) is 2. The molecule has 1 aliphatic rings.